The number of fused-ring (bicyclic) bond motifs is 2. The number of imidazole rings is 1. The van der Waals surface area contributed by atoms with E-state index in [4.69, 9.17) is 15.3 Å². The topological polar surface area (TPSA) is 136 Å². The van der Waals surface area contributed by atoms with E-state index in [2.05, 4.69) is 48.9 Å². The Morgan fingerprint density at radius 3 is 2.92 bits per heavy atom. The zero-order valence-electron chi connectivity index (χ0n) is 22.0. The molecule has 4 N–H and O–H groups in total. The number of hydrogen-bond donors (Lipinski definition) is 4. The Bertz CT molecular complexity index is 1400. The van der Waals surface area contributed by atoms with Gasteiger partial charge in [0.1, 0.15) is 11.5 Å². The maximum Gasteiger partial charge on any atom is 0.254 e. The van der Waals surface area contributed by atoms with Crippen molar-refractivity contribution in [1.29, 1.82) is 5.53 Å². The minimum absolute atomic E-state index is 0.0680. The predicted octanol–water partition coefficient (Wildman–Crippen LogP) is 3.38. The van der Waals surface area contributed by atoms with Crippen LogP contribution < -0.4 is 10.6 Å². The average Bonchev–Trinajstić information content (AvgIpc) is 3.58. The largest absolute Gasteiger partial charge is 0.383 e. The summed E-state index contributed by atoms with van der Waals surface area (Å²) < 4.78 is 7.59. The van der Waals surface area contributed by atoms with E-state index in [-0.39, 0.29) is 5.91 Å². The number of amides is 1. The highest BCUT2D eigenvalue weighted by Crippen LogP contribution is 2.28. The maximum atomic E-state index is 13.2. The summed E-state index contributed by atoms with van der Waals surface area (Å²) in [6.07, 6.45) is 14.0. The first-order valence-corrected chi connectivity index (χ1v) is 13.8. The Balaban J connectivity index is 1.12. The highest BCUT2D eigenvalue weighted by atomic mass is 16.5. The van der Waals surface area contributed by atoms with E-state index < -0.39 is 0 Å². The number of ether oxygens (including phenoxy) is 1. The summed E-state index contributed by atoms with van der Waals surface area (Å²) in [7, 11) is 0. The number of rotatable bonds is 10. The molecular weight excluding hydrogens is 494 g/mol. The van der Waals surface area contributed by atoms with Gasteiger partial charge in [-0.05, 0) is 43.5 Å². The summed E-state index contributed by atoms with van der Waals surface area (Å²) >= 11 is 0. The Morgan fingerprint density at radius 2 is 2.13 bits per heavy atom. The molecule has 1 saturated carbocycles. The molecule has 1 saturated heterocycles. The number of nitrogens with one attached hydrogen (secondary N) is 4. The van der Waals surface area contributed by atoms with Crippen LogP contribution >= 0.6 is 0 Å². The van der Waals surface area contributed by atoms with E-state index in [1.54, 1.807) is 29.4 Å². The second-order valence-corrected chi connectivity index (χ2v) is 10.6. The van der Waals surface area contributed by atoms with Crippen LogP contribution in [0, 0.1) is 17.4 Å². The molecule has 1 aliphatic carbocycles. The fraction of sp³-hybridized carbons (Fsp3) is 0.464. The van der Waals surface area contributed by atoms with Crippen molar-refractivity contribution < 1.29 is 9.53 Å². The first-order chi connectivity index (χ1) is 19.2. The predicted molar refractivity (Wildman–Crippen MR) is 148 cm³/mol. The number of hydrogen-bond acceptors (Lipinski definition) is 8. The van der Waals surface area contributed by atoms with E-state index >= 15 is 0 Å². The summed E-state index contributed by atoms with van der Waals surface area (Å²) in [4.78, 5) is 19.7. The summed E-state index contributed by atoms with van der Waals surface area (Å²) in [5.41, 5.74) is 11.1. The summed E-state index contributed by atoms with van der Waals surface area (Å²) in [5, 5.41) is 18.6. The van der Waals surface area contributed by atoms with Crippen molar-refractivity contribution in [2.45, 2.75) is 32.4 Å². The molecule has 1 unspecified atom stereocenters. The Kier molecular flexibility index (Phi) is 7.51. The van der Waals surface area contributed by atoms with Gasteiger partial charge in [-0.15, -0.1) is 0 Å². The quantitative estimate of drug-likeness (QED) is 0.297. The SMILES string of the molecule is N=N/C(=C\NCc1cn2c(n1)C=CC(CNCC1CCC1)C2)c1cc(C(=O)N2CCOCC2)cc2[nH]ncc12. The number of H-pyrrole nitrogens is 1. The average molecular weight is 530 g/mol. The number of morpholine rings is 1. The normalized spacial score (nSPS) is 19.6. The third-order valence-corrected chi connectivity index (χ3v) is 7.89. The van der Waals surface area contributed by atoms with Crippen molar-refractivity contribution in [3.63, 3.8) is 0 Å². The van der Waals surface area contributed by atoms with Crippen LogP contribution in [0.5, 0.6) is 0 Å². The van der Waals surface area contributed by atoms with Gasteiger partial charge >= 0.3 is 0 Å². The summed E-state index contributed by atoms with van der Waals surface area (Å²) in [5.74, 6) is 2.23. The van der Waals surface area contributed by atoms with Crippen molar-refractivity contribution in [2.75, 3.05) is 39.4 Å². The lowest BCUT2D eigenvalue weighted by atomic mass is 9.85. The molecule has 2 aliphatic heterocycles. The van der Waals surface area contributed by atoms with E-state index in [0.29, 0.717) is 55.6 Å². The molecule has 0 spiro atoms. The number of benzene rings is 1. The molecule has 204 valence electrons. The molecule has 4 heterocycles. The standard InChI is InChI=1S/C28H35N9O2/c29-34-26(23-10-21(11-25-24(23)15-32-35-25)28(38)36-6-8-39-9-7-36)16-31-14-22-18-37-17-20(4-5-27(37)33-22)13-30-12-19-2-1-3-19/h4-5,10-11,15-16,18-20,29-31H,1-3,6-9,12-14,17H2,(H,32,35)/b26-16-,34-29?. The van der Waals surface area contributed by atoms with Crippen LogP contribution in [0.4, 0.5) is 0 Å². The highest BCUT2D eigenvalue weighted by molar-refractivity contribution is 6.01. The molecule has 1 aromatic carbocycles. The van der Waals surface area contributed by atoms with Gasteiger partial charge in [-0.3, -0.25) is 9.89 Å². The second kappa shape index (κ2) is 11.5. The molecule has 2 fully saturated rings. The number of carbonyl (C=O) groups excluding carboxylic acids is 1. The van der Waals surface area contributed by atoms with E-state index in [0.717, 1.165) is 48.0 Å². The van der Waals surface area contributed by atoms with Crippen LogP contribution in [-0.2, 0) is 17.8 Å². The highest BCUT2D eigenvalue weighted by Gasteiger charge is 2.22. The van der Waals surface area contributed by atoms with Gasteiger partial charge < -0.3 is 24.8 Å². The van der Waals surface area contributed by atoms with Crippen LogP contribution in [-0.4, -0.2) is 69.9 Å². The Hall–Kier alpha value is -3.83. The van der Waals surface area contributed by atoms with Gasteiger partial charge in [0.25, 0.3) is 5.91 Å². The molecule has 2 aromatic heterocycles. The molecule has 11 heteroatoms. The van der Waals surface area contributed by atoms with Gasteiger partial charge in [0.15, 0.2) is 0 Å². The lowest BCUT2D eigenvalue weighted by Crippen LogP contribution is -2.40. The zero-order chi connectivity index (χ0) is 26.6. The summed E-state index contributed by atoms with van der Waals surface area (Å²) in [6.45, 7) is 5.72. The Morgan fingerprint density at radius 1 is 1.26 bits per heavy atom. The van der Waals surface area contributed by atoms with Crippen LogP contribution in [0.25, 0.3) is 22.7 Å². The molecule has 0 bridgehead atoms. The van der Waals surface area contributed by atoms with Crippen molar-refractivity contribution in [3.05, 3.63) is 59.4 Å². The molecule has 6 rings (SSSR count). The van der Waals surface area contributed by atoms with Crippen LogP contribution in [0.2, 0.25) is 0 Å². The van der Waals surface area contributed by atoms with Crippen LogP contribution in [0.1, 0.15) is 46.7 Å². The molecule has 1 amide bonds. The lowest BCUT2D eigenvalue weighted by molar-refractivity contribution is 0.0303. The number of carbonyl (C=O) groups is 1. The fourth-order valence-corrected chi connectivity index (χ4v) is 5.45. The third kappa shape index (κ3) is 5.64. The van der Waals surface area contributed by atoms with Crippen molar-refractivity contribution in [1.82, 2.24) is 35.3 Å². The van der Waals surface area contributed by atoms with Crippen LogP contribution in [0.3, 0.4) is 0 Å². The van der Waals surface area contributed by atoms with Gasteiger partial charge in [0.05, 0.1) is 37.2 Å². The minimum Gasteiger partial charge on any atom is -0.383 e. The molecule has 3 aliphatic rings. The van der Waals surface area contributed by atoms with Gasteiger partial charge in [0, 0.05) is 61.0 Å². The first kappa shape index (κ1) is 25.4. The molecule has 1 atom stereocenters. The fourth-order valence-electron chi connectivity index (χ4n) is 5.45. The van der Waals surface area contributed by atoms with Crippen LogP contribution in [0.15, 0.2) is 41.9 Å². The number of nitrogens with zero attached hydrogens (tertiary/aromatic N) is 5. The number of aromatic amines is 1. The van der Waals surface area contributed by atoms with E-state index in [1.165, 1.54) is 19.3 Å². The van der Waals surface area contributed by atoms with Crippen molar-refractivity contribution in [3.8, 4) is 0 Å². The molecule has 39 heavy (non-hydrogen) atoms. The number of aromatic nitrogens is 4. The van der Waals surface area contributed by atoms with E-state index in [1.807, 2.05) is 0 Å². The van der Waals surface area contributed by atoms with Gasteiger partial charge in [-0.25, -0.2) is 10.5 Å². The summed E-state index contributed by atoms with van der Waals surface area (Å²) in [6, 6.07) is 3.60. The van der Waals surface area contributed by atoms with Crippen molar-refractivity contribution >= 4 is 28.6 Å². The third-order valence-electron chi connectivity index (χ3n) is 7.89. The molecule has 11 nitrogen and oxygen atoms in total. The molecule has 0 radical (unpaired) electrons. The zero-order valence-corrected chi connectivity index (χ0v) is 22.0. The van der Waals surface area contributed by atoms with Gasteiger partial charge in [-0.1, -0.05) is 12.5 Å². The smallest absolute Gasteiger partial charge is 0.254 e. The van der Waals surface area contributed by atoms with Gasteiger partial charge in [-0.2, -0.15) is 10.2 Å². The monoisotopic (exact) mass is 529 g/mol. The minimum atomic E-state index is -0.0680. The maximum absolute atomic E-state index is 13.2. The van der Waals surface area contributed by atoms with Gasteiger partial charge in [0.2, 0.25) is 0 Å². The second-order valence-electron chi connectivity index (χ2n) is 10.6. The molecule has 3 aromatic rings. The van der Waals surface area contributed by atoms with Crippen molar-refractivity contribution in [2.24, 2.45) is 17.0 Å². The molecular formula is C28H35N9O2. The lowest BCUT2D eigenvalue weighted by Gasteiger charge is -2.27. The Labute approximate surface area is 227 Å². The van der Waals surface area contributed by atoms with E-state index in [9.17, 15) is 4.79 Å². The first-order valence-electron chi connectivity index (χ1n) is 13.8.